The lowest BCUT2D eigenvalue weighted by Crippen LogP contribution is -2.32. The number of hydrogen-bond donors (Lipinski definition) is 1. The van der Waals surface area contributed by atoms with E-state index >= 15 is 0 Å². The summed E-state index contributed by atoms with van der Waals surface area (Å²) in [6, 6.07) is 24.6. The van der Waals surface area contributed by atoms with Gasteiger partial charge in [-0.2, -0.15) is 10.1 Å². The molecule has 4 aromatic rings. The number of anilines is 2. The van der Waals surface area contributed by atoms with Crippen LogP contribution in [0.3, 0.4) is 0 Å². The van der Waals surface area contributed by atoms with Gasteiger partial charge in [-0.25, -0.2) is 4.68 Å². The summed E-state index contributed by atoms with van der Waals surface area (Å²) in [5.74, 6) is 2.36. The number of rotatable bonds is 4. The van der Waals surface area contributed by atoms with Gasteiger partial charge >= 0.3 is 0 Å². The van der Waals surface area contributed by atoms with Crippen LogP contribution in [-0.2, 0) is 0 Å². The number of nitrogens with zero attached hydrogens (tertiary/aromatic N) is 4. The molecule has 1 N–H and O–H groups in total. The fraction of sp³-hybridized carbons (Fsp3) is 0.185. The zero-order valence-electron chi connectivity index (χ0n) is 19.3. The van der Waals surface area contributed by atoms with E-state index in [0.717, 1.165) is 45.1 Å². The van der Waals surface area contributed by atoms with Crippen LogP contribution in [0, 0.1) is 0 Å². The minimum atomic E-state index is -0.293. The molecule has 7 heteroatoms. The molecule has 0 amide bonds. The number of hydrogen-bond acceptors (Lipinski definition) is 6. The molecular weight excluding hydrogens is 426 g/mol. The lowest BCUT2D eigenvalue weighted by atomic mass is 9.84. The predicted octanol–water partition coefficient (Wildman–Crippen LogP) is 4.91. The smallest absolute Gasteiger partial charge is 0.226 e. The van der Waals surface area contributed by atoms with Gasteiger partial charge in [-0.3, -0.25) is 0 Å². The van der Waals surface area contributed by atoms with Crippen LogP contribution in [0.15, 0.2) is 84.7 Å². The molecule has 2 aliphatic rings. The van der Waals surface area contributed by atoms with Crippen LogP contribution in [0.5, 0.6) is 11.5 Å². The molecule has 170 valence electrons. The highest BCUT2D eigenvalue weighted by Crippen LogP contribution is 2.50. The van der Waals surface area contributed by atoms with E-state index in [1.54, 1.807) is 13.4 Å². The predicted molar refractivity (Wildman–Crippen MR) is 132 cm³/mol. The van der Waals surface area contributed by atoms with Crippen LogP contribution >= 0.6 is 0 Å². The maximum atomic E-state index is 6.68. The lowest BCUT2D eigenvalue weighted by Gasteiger charge is -2.39. The van der Waals surface area contributed by atoms with Gasteiger partial charge in [-0.05, 0) is 47.5 Å². The highest BCUT2D eigenvalue weighted by atomic mass is 16.5. The molecular formula is C27H25N5O2. The number of nitrogens with one attached hydrogen (secondary N) is 1. The van der Waals surface area contributed by atoms with Crippen molar-refractivity contribution in [3.8, 4) is 11.5 Å². The summed E-state index contributed by atoms with van der Waals surface area (Å²) in [6.45, 7) is 0. The highest BCUT2D eigenvalue weighted by Gasteiger charge is 2.40. The fourth-order valence-corrected chi connectivity index (χ4v) is 4.75. The Labute approximate surface area is 198 Å². The van der Waals surface area contributed by atoms with Gasteiger partial charge in [0.2, 0.25) is 5.95 Å². The quantitative estimate of drug-likeness (QED) is 0.476. The number of methoxy groups -OCH3 is 1. The third-order valence-electron chi connectivity index (χ3n) is 6.47. The Kier molecular flexibility index (Phi) is 4.76. The molecule has 0 spiro atoms. The highest BCUT2D eigenvalue weighted by molar-refractivity contribution is 5.85. The molecule has 6 rings (SSSR count). The van der Waals surface area contributed by atoms with Crippen LogP contribution in [0.1, 0.15) is 28.8 Å². The third-order valence-corrected chi connectivity index (χ3v) is 6.47. The molecule has 34 heavy (non-hydrogen) atoms. The standard InChI is InChI=1S/C27H25N5O2/c1-31(2)19-12-8-18(9-13-19)26-23-24(21-6-4-5-7-22(21)34-26)30-27-28-16-29-32(27)25(23)17-10-14-20(33-3)15-11-17/h4-16,25-26H,1-3H3,(H,28,29,30)/t25-,26+/m1/s1. The van der Waals surface area contributed by atoms with E-state index in [1.165, 1.54) is 0 Å². The van der Waals surface area contributed by atoms with Gasteiger partial charge in [-0.1, -0.05) is 36.4 Å². The monoisotopic (exact) mass is 451 g/mol. The van der Waals surface area contributed by atoms with E-state index in [2.05, 4.69) is 62.8 Å². The number of benzene rings is 3. The Hall–Kier alpha value is -4.26. The van der Waals surface area contributed by atoms with Gasteiger partial charge in [0.15, 0.2) is 0 Å². The van der Waals surface area contributed by atoms with Gasteiger partial charge in [0.25, 0.3) is 0 Å². The second-order valence-electron chi connectivity index (χ2n) is 8.64. The van der Waals surface area contributed by atoms with Crippen LogP contribution < -0.4 is 19.7 Å². The number of ether oxygens (including phenoxy) is 2. The molecule has 0 saturated heterocycles. The topological polar surface area (TPSA) is 64.4 Å². The Morgan fingerprint density at radius 1 is 0.941 bits per heavy atom. The Balaban J connectivity index is 1.56. The van der Waals surface area contributed by atoms with E-state index in [9.17, 15) is 0 Å². The average molecular weight is 452 g/mol. The van der Waals surface area contributed by atoms with E-state index in [4.69, 9.17) is 9.47 Å². The molecule has 2 atom stereocenters. The minimum absolute atomic E-state index is 0.188. The SMILES string of the molecule is COc1ccc([C@@H]2C3=C(Nc4ncnn42)c2ccccc2O[C@H]3c2ccc(N(C)C)cc2)cc1. The molecule has 1 aromatic heterocycles. The summed E-state index contributed by atoms with van der Waals surface area (Å²) in [7, 11) is 5.76. The van der Waals surface area contributed by atoms with Crippen LogP contribution in [0.25, 0.3) is 5.70 Å². The summed E-state index contributed by atoms with van der Waals surface area (Å²) in [5.41, 5.74) is 6.44. The van der Waals surface area contributed by atoms with Gasteiger partial charge < -0.3 is 19.7 Å². The normalized spacial score (nSPS) is 18.2. The van der Waals surface area contributed by atoms with Crippen LogP contribution in [0.4, 0.5) is 11.6 Å². The minimum Gasteiger partial charge on any atom is -0.497 e. The first kappa shape index (κ1) is 20.4. The summed E-state index contributed by atoms with van der Waals surface area (Å²) < 4.78 is 14.0. The summed E-state index contributed by atoms with van der Waals surface area (Å²) >= 11 is 0. The Bertz CT molecular complexity index is 1370. The zero-order valence-corrected chi connectivity index (χ0v) is 19.3. The summed E-state index contributed by atoms with van der Waals surface area (Å²) in [6.07, 6.45) is 1.29. The number of fused-ring (bicyclic) bond motifs is 3. The van der Waals surface area contributed by atoms with Crippen molar-refractivity contribution >= 4 is 17.3 Å². The molecule has 7 nitrogen and oxygen atoms in total. The molecule has 2 aliphatic heterocycles. The van der Waals surface area contributed by atoms with E-state index in [-0.39, 0.29) is 12.1 Å². The molecule has 3 heterocycles. The fourth-order valence-electron chi connectivity index (χ4n) is 4.75. The van der Waals surface area contributed by atoms with E-state index in [0.29, 0.717) is 5.95 Å². The summed E-state index contributed by atoms with van der Waals surface area (Å²) in [5, 5.41) is 8.13. The van der Waals surface area contributed by atoms with E-state index < -0.39 is 0 Å². The van der Waals surface area contributed by atoms with Gasteiger partial charge in [-0.15, -0.1) is 0 Å². The maximum Gasteiger partial charge on any atom is 0.226 e. The molecule has 3 aromatic carbocycles. The Morgan fingerprint density at radius 3 is 2.41 bits per heavy atom. The maximum absolute atomic E-state index is 6.68. The Morgan fingerprint density at radius 2 is 1.68 bits per heavy atom. The molecule has 0 unspecified atom stereocenters. The van der Waals surface area contributed by atoms with Crippen molar-refractivity contribution in [3.05, 3.63) is 101 Å². The van der Waals surface area contributed by atoms with Gasteiger partial charge in [0, 0.05) is 30.9 Å². The van der Waals surface area contributed by atoms with Crippen molar-refractivity contribution in [2.45, 2.75) is 12.1 Å². The second kappa shape index (κ2) is 7.95. The first-order valence-corrected chi connectivity index (χ1v) is 11.2. The first-order valence-electron chi connectivity index (χ1n) is 11.2. The van der Waals surface area contributed by atoms with Crippen molar-refractivity contribution in [2.75, 3.05) is 31.4 Å². The molecule has 0 saturated carbocycles. The number of aromatic nitrogens is 3. The molecule has 0 aliphatic carbocycles. The zero-order chi connectivity index (χ0) is 23.2. The van der Waals surface area contributed by atoms with E-state index in [1.807, 2.05) is 49.1 Å². The number of para-hydroxylation sites is 1. The van der Waals surface area contributed by atoms with Crippen LogP contribution in [-0.4, -0.2) is 36.0 Å². The molecule has 0 radical (unpaired) electrons. The first-order chi connectivity index (χ1) is 16.6. The van der Waals surface area contributed by atoms with Crippen molar-refractivity contribution < 1.29 is 9.47 Å². The summed E-state index contributed by atoms with van der Waals surface area (Å²) in [4.78, 5) is 6.59. The average Bonchev–Trinajstić information content (AvgIpc) is 3.35. The van der Waals surface area contributed by atoms with Crippen molar-refractivity contribution in [1.29, 1.82) is 0 Å². The van der Waals surface area contributed by atoms with Gasteiger partial charge in [0.1, 0.15) is 30.0 Å². The lowest BCUT2D eigenvalue weighted by molar-refractivity contribution is 0.223. The molecule has 0 fully saturated rings. The van der Waals surface area contributed by atoms with Crippen molar-refractivity contribution in [3.63, 3.8) is 0 Å². The van der Waals surface area contributed by atoms with Crippen LogP contribution in [0.2, 0.25) is 0 Å². The molecule has 0 bridgehead atoms. The van der Waals surface area contributed by atoms with Crippen molar-refractivity contribution in [2.24, 2.45) is 0 Å². The van der Waals surface area contributed by atoms with Gasteiger partial charge in [0.05, 0.1) is 12.8 Å². The third kappa shape index (κ3) is 3.20. The van der Waals surface area contributed by atoms with Crippen molar-refractivity contribution in [1.82, 2.24) is 14.8 Å². The second-order valence-corrected chi connectivity index (χ2v) is 8.64. The largest absolute Gasteiger partial charge is 0.497 e.